The molecule has 0 heterocycles. The largest absolute Gasteiger partial charge is 0.340 e. The first-order chi connectivity index (χ1) is 9.99. The molecule has 0 aliphatic carbocycles. The quantitative estimate of drug-likeness (QED) is 0.463. The molecule has 0 aliphatic rings. The summed E-state index contributed by atoms with van der Waals surface area (Å²) >= 11 is 0. The van der Waals surface area contributed by atoms with Crippen LogP contribution in [-0.4, -0.2) is 54.4 Å². The summed E-state index contributed by atoms with van der Waals surface area (Å²) in [5, 5.41) is 0. The summed E-state index contributed by atoms with van der Waals surface area (Å²) in [5.41, 5.74) is 2.95. The summed E-state index contributed by atoms with van der Waals surface area (Å²) in [6.45, 7) is 8.55. The highest BCUT2D eigenvalue weighted by molar-refractivity contribution is 5.24. The van der Waals surface area contributed by atoms with Crippen LogP contribution < -0.4 is 14.7 Å². The second kappa shape index (κ2) is 9.93. The van der Waals surface area contributed by atoms with Crippen molar-refractivity contribution in [2.45, 2.75) is 26.3 Å². The minimum Gasteiger partial charge on any atom is -0.340 e. The van der Waals surface area contributed by atoms with Crippen LogP contribution in [0.3, 0.4) is 0 Å². The van der Waals surface area contributed by atoms with Crippen LogP contribution in [0.4, 0.5) is 0 Å². The molecule has 21 heavy (non-hydrogen) atoms. The summed E-state index contributed by atoms with van der Waals surface area (Å²) < 4.78 is 0. The van der Waals surface area contributed by atoms with Gasteiger partial charge < -0.3 is 14.7 Å². The van der Waals surface area contributed by atoms with Crippen molar-refractivity contribution in [1.29, 1.82) is 0 Å². The molecule has 0 unspecified atom stereocenters. The molecule has 1 rings (SSSR count). The van der Waals surface area contributed by atoms with Gasteiger partial charge in [0, 0.05) is 18.4 Å². The van der Waals surface area contributed by atoms with Crippen LogP contribution in [0.25, 0.3) is 0 Å². The zero-order chi connectivity index (χ0) is 15.7. The smallest absolute Gasteiger partial charge is 0.103 e. The van der Waals surface area contributed by atoms with E-state index in [2.05, 4.69) is 59.4 Å². The summed E-state index contributed by atoms with van der Waals surface area (Å²) in [6, 6.07) is 8.85. The van der Waals surface area contributed by atoms with Gasteiger partial charge >= 0.3 is 0 Å². The fraction of sp³-hybridized carbons (Fsp3) is 0.667. The molecule has 120 valence electrons. The second-order valence-electron chi connectivity index (χ2n) is 6.97. The van der Waals surface area contributed by atoms with Crippen molar-refractivity contribution in [3.05, 3.63) is 35.4 Å². The number of hydrogen-bond donors (Lipinski definition) is 3. The summed E-state index contributed by atoms with van der Waals surface area (Å²) in [5.74, 6) is 0. The normalized spacial score (nSPS) is 11.8. The van der Waals surface area contributed by atoms with Gasteiger partial charge in [-0.1, -0.05) is 24.3 Å². The van der Waals surface area contributed by atoms with E-state index < -0.39 is 0 Å². The van der Waals surface area contributed by atoms with E-state index in [0.29, 0.717) is 0 Å². The Morgan fingerprint density at radius 3 is 1.76 bits per heavy atom. The fourth-order valence-corrected chi connectivity index (χ4v) is 2.76. The van der Waals surface area contributed by atoms with Crippen LogP contribution in [0.15, 0.2) is 24.3 Å². The molecule has 0 aliphatic heterocycles. The molecule has 0 aromatic heterocycles. The fourth-order valence-electron chi connectivity index (χ4n) is 2.76. The number of nitrogens with one attached hydrogen (secondary N) is 3. The molecule has 0 spiro atoms. The lowest BCUT2D eigenvalue weighted by atomic mass is 10.1. The standard InChI is InChI=1S/C18H33N3/c1-17-10-6-7-11-18(17)16-21(14-8-12-19(2)3)15-9-13-20(4)5/h6-7,10-11H,8-9,12-16H2,1-5H3/p+3. The molecule has 0 atom stereocenters. The Morgan fingerprint density at radius 2 is 1.29 bits per heavy atom. The van der Waals surface area contributed by atoms with Crippen LogP contribution in [0, 0.1) is 6.92 Å². The zero-order valence-corrected chi connectivity index (χ0v) is 14.8. The maximum absolute atomic E-state index is 2.30. The van der Waals surface area contributed by atoms with Gasteiger partial charge in [0.1, 0.15) is 6.54 Å². The predicted molar refractivity (Wildman–Crippen MR) is 90.2 cm³/mol. The van der Waals surface area contributed by atoms with Crippen LogP contribution in [-0.2, 0) is 6.54 Å². The Bertz CT molecular complexity index is 374. The third kappa shape index (κ3) is 8.20. The molecule has 0 saturated heterocycles. The van der Waals surface area contributed by atoms with Crippen LogP contribution in [0.1, 0.15) is 24.0 Å². The topological polar surface area (TPSA) is 13.3 Å². The average Bonchev–Trinajstić information content (AvgIpc) is 2.40. The summed E-state index contributed by atoms with van der Waals surface area (Å²) in [4.78, 5) is 4.86. The van der Waals surface area contributed by atoms with Gasteiger partial charge in [0.2, 0.25) is 0 Å². The Kier molecular flexibility index (Phi) is 8.58. The molecule has 0 radical (unpaired) electrons. The molecular weight excluding hydrogens is 258 g/mol. The molecule has 3 nitrogen and oxygen atoms in total. The van der Waals surface area contributed by atoms with Gasteiger partial charge in [-0.25, -0.2) is 0 Å². The van der Waals surface area contributed by atoms with Crippen LogP contribution in [0.5, 0.6) is 0 Å². The van der Waals surface area contributed by atoms with Gasteiger partial charge in [-0.05, 0) is 12.5 Å². The van der Waals surface area contributed by atoms with Crippen molar-refractivity contribution in [2.24, 2.45) is 0 Å². The molecule has 0 amide bonds. The Hall–Kier alpha value is -0.900. The van der Waals surface area contributed by atoms with E-state index in [1.54, 1.807) is 14.7 Å². The summed E-state index contributed by atoms with van der Waals surface area (Å²) in [7, 11) is 8.99. The van der Waals surface area contributed by atoms with E-state index in [0.717, 1.165) is 0 Å². The number of aryl methyl sites for hydroxylation is 1. The van der Waals surface area contributed by atoms with Crippen molar-refractivity contribution in [3.63, 3.8) is 0 Å². The minimum atomic E-state index is 1.18. The van der Waals surface area contributed by atoms with E-state index in [4.69, 9.17) is 0 Å². The minimum absolute atomic E-state index is 1.18. The number of benzene rings is 1. The van der Waals surface area contributed by atoms with E-state index in [1.807, 2.05) is 0 Å². The molecule has 1 aromatic carbocycles. The van der Waals surface area contributed by atoms with Crippen molar-refractivity contribution < 1.29 is 14.7 Å². The molecule has 0 fully saturated rings. The first-order valence-corrected chi connectivity index (χ1v) is 8.45. The zero-order valence-electron chi connectivity index (χ0n) is 14.8. The van der Waals surface area contributed by atoms with E-state index in [-0.39, 0.29) is 0 Å². The summed E-state index contributed by atoms with van der Waals surface area (Å²) in [6.07, 6.45) is 2.64. The maximum atomic E-state index is 2.30. The SMILES string of the molecule is Cc1ccccc1C[NH+](CCC[NH+](C)C)CCC[NH+](C)C. The first kappa shape index (κ1) is 18.1. The number of quaternary nitrogens is 3. The van der Waals surface area contributed by atoms with E-state index >= 15 is 0 Å². The molecule has 3 N–H and O–H groups in total. The van der Waals surface area contributed by atoms with Gasteiger partial charge in [-0.15, -0.1) is 0 Å². The molecule has 1 aromatic rings. The lowest BCUT2D eigenvalue weighted by molar-refractivity contribution is -0.925. The maximum Gasteiger partial charge on any atom is 0.103 e. The molecule has 3 heteroatoms. The van der Waals surface area contributed by atoms with E-state index in [1.165, 1.54) is 56.7 Å². The Balaban J connectivity index is 2.51. The first-order valence-electron chi connectivity index (χ1n) is 8.45. The lowest BCUT2D eigenvalue weighted by Gasteiger charge is -2.21. The second-order valence-corrected chi connectivity index (χ2v) is 6.97. The lowest BCUT2D eigenvalue weighted by Crippen LogP contribution is -3.13. The highest BCUT2D eigenvalue weighted by atomic mass is 15.1. The van der Waals surface area contributed by atoms with Crippen LogP contribution in [0.2, 0.25) is 0 Å². The highest BCUT2D eigenvalue weighted by Gasteiger charge is 2.12. The van der Waals surface area contributed by atoms with Gasteiger partial charge in [0.25, 0.3) is 0 Å². The van der Waals surface area contributed by atoms with Gasteiger partial charge in [-0.2, -0.15) is 0 Å². The van der Waals surface area contributed by atoms with E-state index in [9.17, 15) is 0 Å². The third-order valence-corrected chi connectivity index (χ3v) is 4.12. The predicted octanol–water partition coefficient (Wildman–Crippen LogP) is -1.55. The van der Waals surface area contributed by atoms with Crippen molar-refractivity contribution in [1.82, 2.24) is 0 Å². The van der Waals surface area contributed by atoms with Gasteiger partial charge in [-0.3, -0.25) is 0 Å². The number of hydrogen-bond acceptors (Lipinski definition) is 0. The van der Waals surface area contributed by atoms with Crippen molar-refractivity contribution >= 4 is 0 Å². The van der Waals surface area contributed by atoms with Crippen molar-refractivity contribution in [3.8, 4) is 0 Å². The third-order valence-electron chi connectivity index (χ3n) is 4.12. The van der Waals surface area contributed by atoms with Crippen LogP contribution >= 0.6 is 0 Å². The highest BCUT2D eigenvalue weighted by Crippen LogP contribution is 2.04. The van der Waals surface area contributed by atoms with Crippen molar-refractivity contribution in [2.75, 3.05) is 54.4 Å². The number of rotatable bonds is 10. The average molecular weight is 295 g/mol. The Labute approximate surface area is 131 Å². The Morgan fingerprint density at radius 1 is 0.762 bits per heavy atom. The molecule has 0 bridgehead atoms. The van der Waals surface area contributed by atoms with Gasteiger partial charge in [0.05, 0.1) is 54.4 Å². The molecular formula is C18H36N3+3. The molecule has 0 saturated carbocycles. The van der Waals surface area contributed by atoms with Gasteiger partial charge in [0.15, 0.2) is 0 Å². The monoisotopic (exact) mass is 294 g/mol.